The van der Waals surface area contributed by atoms with Gasteiger partial charge in [0.05, 0.1) is 25.6 Å². The smallest absolute Gasteiger partial charge is 0.263 e. The van der Waals surface area contributed by atoms with Crippen molar-refractivity contribution < 1.29 is 9.47 Å². The summed E-state index contributed by atoms with van der Waals surface area (Å²) in [5.74, 6) is 1.50. The van der Waals surface area contributed by atoms with Crippen molar-refractivity contribution in [1.29, 1.82) is 0 Å². The fraction of sp³-hybridized carbons (Fsp3) is 0.217. The van der Waals surface area contributed by atoms with Gasteiger partial charge in [-0.3, -0.25) is 9.36 Å². The summed E-state index contributed by atoms with van der Waals surface area (Å²) in [6.07, 6.45) is 0. The van der Waals surface area contributed by atoms with Crippen molar-refractivity contribution in [2.24, 2.45) is 0 Å². The number of fused-ring (bicyclic) bond motifs is 1. The van der Waals surface area contributed by atoms with Gasteiger partial charge in [-0.05, 0) is 30.2 Å². The first kappa shape index (κ1) is 19.4. The van der Waals surface area contributed by atoms with E-state index in [0.29, 0.717) is 24.4 Å². The fourth-order valence-corrected chi connectivity index (χ4v) is 4.42. The van der Waals surface area contributed by atoms with E-state index in [2.05, 4.69) is 0 Å². The molecule has 0 fully saturated rings. The molecule has 29 heavy (non-hydrogen) atoms. The molecule has 2 aromatic heterocycles. The molecule has 0 spiro atoms. The van der Waals surface area contributed by atoms with Crippen molar-refractivity contribution in [2.75, 3.05) is 20.8 Å². The van der Waals surface area contributed by atoms with E-state index in [9.17, 15) is 4.79 Å². The summed E-state index contributed by atoms with van der Waals surface area (Å²) in [6, 6.07) is 15.8. The normalized spacial score (nSPS) is 11.1. The van der Waals surface area contributed by atoms with Crippen LogP contribution >= 0.6 is 11.3 Å². The fourth-order valence-electron chi connectivity index (χ4n) is 3.48. The minimum atomic E-state index is -0.0457. The molecule has 148 valence electrons. The van der Waals surface area contributed by atoms with Crippen molar-refractivity contribution >= 4 is 21.6 Å². The van der Waals surface area contributed by atoms with Crippen LogP contribution in [0.15, 0.2) is 58.7 Å². The molecule has 0 aliphatic rings. The largest absolute Gasteiger partial charge is 0.496 e. The van der Waals surface area contributed by atoms with Gasteiger partial charge in [-0.2, -0.15) is 0 Å². The molecule has 5 nitrogen and oxygen atoms in total. The van der Waals surface area contributed by atoms with Gasteiger partial charge in [-0.25, -0.2) is 4.98 Å². The summed E-state index contributed by atoms with van der Waals surface area (Å²) in [6.45, 7) is 2.88. The van der Waals surface area contributed by atoms with Crippen LogP contribution in [-0.4, -0.2) is 30.4 Å². The van der Waals surface area contributed by atoms with Gasteiger partial charge in [0.15, 0.2) is 0 Å². The van der Waals surface area contributed by atoms with Crippen molar-refractivity contribution in [3.05, 3.63) is 69.8 Å². The Morgan fingerprint density at radius 1 is 1.07 bits per heavy atom. The number of hydrogen-bond acceptors (Lipinski definition) is 5. The second-order valence-electron chi connectivity index (χ2n) is 6.76. The van der Waals surface area contributed by atoms with Gasteiger partial charge in [0.25, 0.3) is 5.56 Å². The van der Waals surface area contributed by atoms with Crippen LogP contribution in [-0.2, 0) is 11.3 Å². The third kappa shape index (κ3) is 3.57. The van der Waals surface area contributed by atoms with E-state index in [1.807, 2.05) is 60.8 Å². The Kier molecular flexibility index (Phi) is 5.47. The Balaban J connectivity index is 1.94. The summed E-state index contributed by atoms with van der Waals surface area (Å²) >= 11 is 1.49. The van der Waals surface area contributed by atoms with E-state index in [1.54, 1.807) is 18.8 Å². The third-order valence-electron chi connectivity index (χ3n) is 4.95. The quantitative estimate of drug-likeness (QED) is 0.463. The summed E-state index contributed by atoms with van der Waals surface area (Å²) in [5.41, 5.74) is 3.78. The van der Waals surface area contributed by atoms with E-state index >= 15 is 0 Å². The molecule has 0 bridgehead atoms. The van der Waals surface area contributed by atoms with Crippen molar-refractivity contribution in [2.45, 2.75) is 13.5 Å². The van der Waals surface area contributed by atoms with Crippen molar-refractivity contribution in [1.82, 2.24) is 9.55 Å². The molecule has 0 atom stereocenters. The van der Waals surface area contributed by atoms with Gasteiger partial charge < -0.3 is 9.47 Å². The number of methoxy groups -OCH3 is 2. The van der Waals surface area contributed by atoms with Gasteiger partial charge in [-0.15, -0.1) is 11.3 Å². The molecule has 6 heteroatoms. The van der Waals surface area contributed by atoms with Crippen LogP contribution in [0.5, 0.6) is 5.75 Å². The average Bonchev–Trinajstić information content (AvgIpc) is 3.18. The average molecular weight is 407 g/mol. The number of aromatic nitrogens is 2. The predicted molar refractivity (Wildman–Crippen MR) is 118 cm³/mol. The number of benzene rings is 2. The molecule has 0 saturated heterocycles. The maximum atomic E-state index is 13.5. The van der Waals surface area contributed by atoms with Gasteiger partial charge in [0, 0.05) is 23.6 Å². The molecule has 4 rings (SSSR count). The van der Waals surface area contributed by atoms with Crippen LogP contribution in [0, 0.1) is 6.92 Å². The van der Waals surface area contributed by atoms with Gasteiger partial charge in [-0.1, -0.05) is 36.4 Å². The molecule has 2 heterocycles. The van der Waals surface area contributed by atoms with Gasteiger partial charge in [0.1, 0.15) is 16.4 Å². The lowest BCUT2D eigenvalue weighted by Crippen LogP contribution is -2.25. The molecule has 0 aliphatic carbocycles. The minimum Gasteiger partial charge on any atom is -0.496 e. The first-order valence-electron chi connectivity index (χ1n) is 9.35. The highest BCUT2D eigenvalue weighted by molar-refractivity contribution is 7.17. The van der Waals surface area contributed by atoms with E-state index in [4.69, 9.17) is 14.5 Å². The summed E-state index contributed by atoms with van der Waals surface area (Å²) in [7, 11) is 3.29. The van der Waals surface area contributed by atoms with E-state index in [0.717, 1.165) is 32.8 Å². The van der Waals surface area contributed by atoms with Gasteiger partial charge in [0.2, 0.25) is 0 Å². The molecule has 0 saturated carbocycles. The second kappa shape index (κ2) is 8.19. The Morgan fingerprint density at radius 2 is 1.86 bits per heavy atom. The van der Waals surface area contributed by atoms with Crippen LogP contribution in [0.2, 0.25) is 0 Å². The molecular weight excluding hydrogens is 384 g/mol. The number of thiophene rings is 1. The Hall–Kier alpha value is -2.96. The summed E-state index contributed by atoms with van der Waals surface area (Å²) in [5, 5.41) is 2.66. The first-order valence-corrected chi connectivity index (χ1v) is 10.2. The highest BCUT2D eigenvalue weighted by Crippen LogP contribution is 2.34. The molecule has 4 aromatic rings. The Labute approximate surface area is 173 Å². The minimum absolute atomic E-state index is 0.0457. The van der Waals surface area contributed by atoms with E-state index in [-0.39, 0.29) is 5.56 Å². The van der Waals surface area contributed by atoms with Crippen LogP contribution in [0.1, 0.15) is 5.56 Å². The molecule has 0 amide bonds. The zero-order valence-electron chi connectivity index (χ0n) is 16.6. The zero-order valence-corrected chi connectivity index (χ0v) is 17.5. The monoisotopic (exact) mass is 406 g/mol. The van der Waals surface area contributed by atoms with Crippen LogP contribution in [0.3, 0.4) is 0 Å². The van der Waals surface area contributed by atoms with Gasteiger partial charge >= 0.3 is 0 Å². The molecule has 0 unspecified atom stereocenters. The van der Waals surface area contributed by atoms with Crippen LogP contribution in [0.25, 0.3) is 32.7 Å². The highest BCUT2D eigenvalue weighted by Gasteiger charge is 2.18. The standard InChI is InChI=1S/C23H22N2O3S/c1-15-13-17(9-10-19(15)28-3)18-14-29-22-20(18)23(26)25(11-12-27-2)21(24-22)16-7-5-4-6-8-16/h4-10,13-14H,11-12H2,1-3H3. The maximum absolute atomic E-state index is 13.5. The number of aryl methyl sites for hydroxylation is 1. The lowest BCUT2D eigenvalue weighted by molar-refractivity contribution is 0.186. The van der Waals surface area contributed by atoms with Crippen molar-refractivity contribution in [3.8, 4) is 28.3 Å². The first-order chi connectivity index (χ1) is 14.1. The lowest BCUT2D eigenvalue weighted by atomic mass is 10.0. The second-order valence-corrected chi connectivity index (χ2v) is 7.62. The predicted octanol–water partition coefficient (Wildman–Crippen LogP) is 4.76. The molecule has 0 aliphatic heterocycles. The van der Waals surface area contributed by atoms with Crippen molar-refractivity contribution in [3.63, 3.8) is 0 Å². The number of nitrogens with zero attached hydrogens (tertiary/aromatic N) is 2. The molecule has 0 N–H and O–H groups in total. The van der Waals surface area contributed by atoms with Crippen LogP contribution in [0.4, 0.5) is 0 Å². The Morgan fingerprint density at radius 3 is 2.55 bits per heavy atom. The maximum Gasteiger partial charge on any atom is 0.263 e. The Bertz CT molecular complexity index is 1210. The number of hydrogen-bond donors (Lipinski definition) is 0. The SMILES string of the molecule is COCCn1c(-c2ccccc2)nc2scc(-c3ccc(OC)c(C)c3)c2c1=O. The third-order valence-corrected chi connectivity index (χ3v) is 5.82. The number of ether oxygens (including phenoxy) is 2. The molecule has 0 radical (unpaired) electrons. The molecule has 2 aromatic carbocycles. The zero-order chi connectivity index (χ0) is 20.4. The van der Waals surface area contributed by atoms with E-state index < -0.39 is 0 Å². The van der Waals surface area contributed by atoms with Crippen LogP contribution < -0.4 is 10.3 Å². The van der Waals surface area contributed by atoms with E-state index in [1.165, 1.54) is 11.3 Å². The molecular formula is C23H22N2O3S. The topological polar surface area (TPSA) is 53.4 Å². The summed E-state index contributed by atoms with van der Waals surface area (Å²) in [4.78, 5) is 19.1. The lowest BCUT2D eigenvalue weighted by Gasteiger charge is -2.13. The summed E-state index contributed by atoms with van der Waals surface area (Å²) < 4.78 is 12.3. The highest BCUT2D eigenvalue weighted by atomic mass is 32.1. The number of rotatable bonds is 6.